The normalized spacial score (nSPS) is 10.4. The predicted molar refractivity (Wildman–Crippen MR) is 40.9 cm³/mol. The molecule has 0 aliphatic heterocycles. The number of nitrogens with zero attached hydrogens (tertiary/aromatic N) is 4. The van der Waals surface area contributed by atoms with E-state index in [1.807, 2.05) is 6.92 Å². The summed E-state index contributed by atoms with van der Waals surface area (Å²) in [5, 5.41) is 11.8. The second-order valence-corrected chi connectivity index (χ2v) is 2.29. The minimum Gasteiger partial charge on any atom is -0.330 e. The van der Waals surface area contributed by atoms with Crippen molar-refractivity contribution in [1.29, 1.82) is 0 Å². The summed E-state index contributed by atoms with van der Waals surface area (Å²) in [6.07, 6.45) is 1.76. The minimum absolute atomic E-state index is 0.681. The second-order valence-electron chi connectivity index (χ2n) is 2.29. The summed E-state index contributed by atoms with van der Waals surface area (Å²) in [5.74, 6) is 0.789. The number of rotatable bonds is 4. The Bertz CT molecular complexity index is 206. The Kier molecular flexibility index (Phi) is 2.97. The number of nitrogens with two attached hydrogens (primary N) is 1. The van der Waals surface area contributed by atoms with E-state index in [1.54, 1.807) is 4.80 Å². The molecule has 0 aliphatic rings. The summed E-state index contributed by atoms with van der Waals surface area (Å²) < 4.78 is 0. The lowest BCUT2D eigenvalue weighted by atomic mass is 10.3. The smallest absolute Gasteiger partial charge is 0.174 e. The van der Waals surface area contributed by atoms with E-state index in [-0.39, 0.29) is 0 Å². The fourth-order valence-electron chi connectivity index (χ4n) is 0.771. The van der Waals surface area contributed by atoms with E-state index in [4.69, 9.17) is 5.73 Å². The zero-order valence-corrected chi connectivity index (χ0v) is 6.69. The van der Waals surface area contributed by atoms with Gasteiger partial charge in [0.1, 0.15) is 0 Å². The van der Waals surface area contributed by atoms with Gasteiger partial charge in [-0.2, -0.15) is 4.80 Å². The summed E-state index contributed by atoms with van der Waals surface area (Å²) in [7, 11) is 0. The van der Waals surface area contributed by atoms with E-state index in [0.717, 1.165) is 25.2 Å². The van der Waals surface area contributed by atoms with Crippen LogP contribution in [0.4, 0.5) is 0 Å². The Morgan fingerprint density at radius 1 is 1.55 bits per heavy atom. The van der Waals surface area contributed by atoms with Crippen molar-refractivity contribution in [3.05, 3.63) is 5.82 Å². The SMILES string of the molecule is CCn1nnc(CCCN)n1. The Morgan fingerprint density at radius 3 is 2.91 bits per heavy atom. The highest BCUT2D eigenvalue weighted by Gasteiger charge is 1.98. The lowest BCUT2D eigenvalue weighted by molar-refractivity contribution is 0.550. The maximum atomic E-state index is 5.33. The summed E-state index contributed by atoms with van der Waals surface area (Å²) in [6.45, 7) is 3.44. The van der Waals surface area contributed by atoms with Gasteiger partial charge < -0.3 is 5.73 Å². The first-order chi connectivity index (χ1) is 5.36. The Labute approximate surface area is 65.6 Å². The molecule has 1 rings (SSSR count). The molecule has 0 fully saturated rings. The van der Waals surface area contributed by atoms with E-state index in [9.17, 15) is 0 Å². The maximum absolute atomic E-state index is 5.33. The number of hydrogen-bond donors (Lipinski definition) is 1. The lowest BCUT2D eigenvalue weighted by Crippen LogP contribution is -2.02. The van der Waals surface area contributed by atoms with Crippen LogP contribution in [0.5, 0.6) is 0 Å². The molecular weight excluding hydrogens is 142 g/mol. The molecule has 0 radical (unpaired) electrons. The van der Waals surface area contributed by atoms with Crippen molar-refractivity contribution in [2.24, 2.45) is 5.73 Å². The van der Waals surface area contributed by atoms with Gasteiger partial charge in [-0.25, -0.2) is 0 Å². The van der Waals surface area contributed by atoms with Crippen LogP contribution in [-0.4, -0.2) is 26.8 Å². The quantitative estimate of drug-likeness (QED) is 0.641. The highest BCUT2D eigenvalue weighted by Crippen LogP contribution is 1.90. The Morgan fingerprint density at radius 2 is 2.36 bits per heavy atom. The van der Waals surface area contributed by atoms with E-state index in [2.05, 4.69) is 15.4 Å². The minimum atomic E-state index is 0.681. The van der Waals surface area contributed by atoms with Gasteiger partial charge in [-0.1, -0.05) is 0 Å². The van der Waals surface area contributed by atoms with Crippen molar-refractivity contribution in [1.82, 2.24) is 20.2 Å². The molecule has 0 saturated carbocycles. The van der Waals surface area contributed by atoms with Gasteiger partial charge in [0, 0.05) is 6.42 Å². The number of aromatic nitrogens is 4. The zero-order valence-electron chi connectivity index (χ0n) is 6.69. The topological polar surface area (TPSA) is 69.6 Å². The van der Waals surface area contributed by atoms with Crippen molar-refractivity contribution in [2.75, 3.05) is 6.54 Å². The summed E-state index contributed by atoms with van der Waals surface area (Å²) in [5.41, 5.74) is 5.33. The molecule has 1 aromatic rings. The van der Waals surface area contributed by atoms with Crippen LogP contribution in [0.1, 0.15) is 19.2 Å². The fourth-order valence-corrected chi connectivity index (χ4v) is 0.771. The fraction of sp³-hybridized carbons (Fsp3) is 0.833. The molecular formula is C6H13N5. The van der Waals surface area contributed by atoms with Crippen molar-refractivity contribution in [3.63, 3.8) is 0 Å². The van der Waals surface area contributed by atoms with Crippen LogP contribution in [0.15, 0.2) is 0 Å². The maximum Gasteiger partial charge on any atom is 0.174 e. The van der Waals surface area contributed by atoms with Crippen LogP contribution in [-0.2, 0) is 13.0 Å². The molecule has 1 aromatic heterocycles. The number of tetrazole rings is 1. The molecule has 62 valence electrons. The summed E-state index contributed by atoms with van der Waals surface area (Å²) in [4.78, 5) is 1.58. The van der Waals surface area contributed by atoms with Crippen LogP contribution in [0.2, 0.25) is 0 Å². The van der Waals surface area contributed by atoms with E-state index in [1.165, 1.54) is 0 Å². The summed E-state index contributed by atoms with van der Waals surface area (Å²) in [6, 6.07) is 0. The molecule has 5 nitrogen and oxygen atoms in total. The van der Waals surface area contributed by atoms with Gasteiger partial charge in [0.25, 0.3) is 0 Å². The van der Waals surface area contributed by atoms with Gasteiger partial charge in [-0.3, -0.25) is 0 Å². The van der Waals surface area contributed by atoms with Gasteiger partial charge in [0.2, 0.25) is 0 Å². The molecule has 2 N–H and O–H groups in total. The van der Waals surface area contributed by atoms with Crippen molar-refractivity contribution < 1.29 is 0 Å². The van der Waals surface area contributed by atoms with E-state index in [0.29, 0.717) is 6.54 Å². The zero-order chi connectivity index (χ0) is 8.10. The highest BCUT2D eigenvalue weighted by molar-refractivity contribution is 4.76. The lowest BCUT2D eigenvalue weighted by Gasteiger charge is -1.89. The average molecular weight is 155 g/mol. The molecule has 0 atom stereocenters. The van der Waals surface area contributed by atoms with Crippen LogP contribution in [0, 0.1) is 0 Å². The summed E-state index contributed by atoms with van der Waals surface area (Å²) >= 11 is 0. The molecule has 11 heavy (non-hydrogen) atoms. The van der Waals surface area contributed by atoms with Crippen molar-refractivity contribution in [2.45, 2.75) is 26.3 Å². The van der Waals surface area contributed by atoms with E-state index >= 15 is 0 Å². The van der Waals surface area contributed by atoms with Crippen molar-refractivity contribution >= 4 is 0 Å². The van der Waals surface area contributed by atoms with Gasteiger partial charge >= 0.3 is 0 Å². The second kappa shape index (κ2) is 4.02. The third-order valence-corrected chi connectivity index (χ3v) is 1.38. The van der Waals surface area contributed by atoms with Gasteiger partial charge in [0.15, 0.2) is 5.82 Å². The molecule has 0 amide bonds. The van der Waals surface area contributed by atoms with Gasteiger partial charge in [-0.15, -0.1) is 10.2 Å². The highest BCUT2D eigenvalue weighted by atomic mass is 15.6. The van der Waals surface area contributed by atoms with E-state index < -0.39 is 0 Å². The van der Waals surface area contributed by atoms with Gasteiger partial charge in [-0.05, 0) is 25.1 Å². The average Bonchev–Trinajstić information content (AvgIpc) is 2.48. The van der Waals surface area contributed by atoms with Gasteiger partial charge in [0.05, 0.1) is 6.54 Å². The molecule has 0 aromatic carbocycles. The molecule has 0 bridgehead atoms. The molecule has 1 heterocycles. The number of hydrogen-bond acceptors (Lipinski definition) is 4. The van der Waals surface area contributed by atoms with Crippen LogP contribution < -0.4 is 5.73 Å². The molecule has 0 unspecified atom stereocenters. The standard InChI is InChI=1S/C6H13N5/c1-2-11-9-6(8-10-11)4-3-5-7/h2-5,7H2,1H3. The molecule has 0 spiro atoms. The van der Waals surface area contributed by atoms with Crippen LogP contribution in [0.3, 0.4) is 0 Å². The monoisotopic (exact) mass is 155 g/mol. The van der Waals surface area contributed by atoms with Crippen LogP contribution >= 0.6 is 0 Å². The first kappa shape index (κ1) is 8.13. The third-order valence-electron chi connectivity index (χ3n) is 1.38. The Balaban J connectivity index is 2.44. The Hall–Kier alpha value is -0.970. The number of aryl methyl sites for hydroxylation is 2. The van der Waals surface area contributed by atoms with Crippen molar-refractivity contribution in [3.8, 4) is 0 Å². The largest absolute Gasteiger partial charge is 0.330 e. The predicted octanol–water partition coefficient (Wildman–Crippen LogP) is -0.416. The molecule has 0 saturated heterocycles. The molecule has 5 heteroatoms. The van der Waals surface area contributed by atoms with Crippen LogP contribution in [0.25, 0.3) is 0 Å². The third kappa shape index (κ3) is 2.27. The molecule has 0 aliphatic carbocycles. The first-order valence-corrected chi connectivity index (χ1v) is 3.83. The first-order valence-electron chi connectivity index (χ1n) is 3.83.